The maximum atomic E-state index is 6.69. The standard InChI is InChI=1S/C16H32O2Si3/c1-9-19(10-2,11-3)17-21(15-7,16-8)18-20(12-4,13-5)14-6/h1,4H,10-11,13-16H2,2-3,5-8H3. The molecule has 0 heterocycles. The van der Waals surface area contributed by atoms with Gasteiger partial charge in [0.05, 0.1) is 0 Å². The Labute approximate surface area is 135 Å². The van der Waals surface area contributed by atoms with Crippen LogP contribution in [0.5, 0.6) is 0 Å². The Morgan fingerprint density at radius 1 is 0.619 bits per heavy atom. The van der Waals surface area contributed by atoms with Crippen molar-refractivity contribution in [2.24, 2.45) is 0 Å². The molecule has 0 rings (SSSR count). The lowest BCUT2D eigenvalue weighted by Gasteiger charge is -2.42. The van der Waals surface area contributed by atoms with Gasteiger partial charge in [0.15, 0.2) is 0 Å². The Balaban J connectivity index is 5.56. The van der Waals surface area contributed by atoms with Crippen molar-refractivity contribution < 1.29 is 8.23 Å². The van der Waals surface area contributed by atoms with Gasteiger partial charge in [-0.15, -0.1) is 23.9 Å². The van der Waals surface area contributed by atoms with E-state index < -0.39 is 25.2 Å². The fraction of sp³-hybridized carbons (Fsp3) is 0.750. The SMILES string of the molecule is C#C[Si](CC)(CC)O[Si](CC)(CC)O[Si](C#C)(CC)CC. The van der Waals surface area contributed by atoms with Crippen molar-refractivity contribution in [3.8, 4) is 23.9 Å². The lowest BCUT2D eigenvalue weighted by Crippen LogP contribution is -2.57. The predicted octanol–water partition coefficient (Wildman–Crippen LogP) is 4.82. The average Bonchev–Trinajstić information content (AvgIpc) is 2.57. The van der Waals surface area contributed by atoms with Gasteiger partial charge in [0.1, 0.15) is 0 Å². The van der Waals surface area contributed by atoms with Gasteiger partial charge in [0.25, 0.3) is 16.6 Å². The minimum Gasteiger partial charge on any atom is -0.426 e. The highest BCUT2D eigenvalue weighted by Crippen LogP contribution is 2.32. The number of rotatable bonds is 10. The van der Waals surface area contributed by atoms with E-state index in [2.05, 4.69) is 52.6 Å². The topological polar surface area (TPSA) is 18.5 Å². The third kappa shape index (κ3) is 4.84. The van der Waals surface area contributed by atoms with Crippen LogP contribution in [0.3, 0.4) is 0 Å². The maximum absolute atomic E-state index is 6.69. The van der Waals surface area contributed by atoms with E-state index in [0.29, 0.717) is 0 Å². The fourth-order valence-corrected chi connectivity index (χ4v) is 16.2. The second-order valence-corrected chi connectivity index (χ2v) is 17.8. The van der Waals surface area contributed by atoms with Gasteiger partial charge in [-0.1, -0.05) is 41.5 Å². The Bertz CT molecular complexity index is 349. The zero-order valence-corrected chi connectivity index (χ0v) is 17.7. The van der Waals surface area contributed by atoms with E-state index in [9.17, 15) is 0 Å². The first-order valence-electron chi connectivity index (χ1n) is 8.26. The second-order valence-electron chi connectivity index (χ2n) is 5.51. The number of hydrogen-bond acceptors (Lipinski definition) is 2. The molecule has 0 saturated carbocycles. The van der Waals surface area contributed by atoms with Crippen molar-refractivity contribution >= 4 is 25.2 Å². The first-order valence-corrected chi connectivity index (χ1v) is 15.1. The Kier molecular flexibility index (Phi) is 8.84. The van der Waals surface area contributed by atoms with Gasteiger partial charge >= 0.3 is 8.56 Å². The van der Waals surface area contributed by atoms with Gasteiger partial charge in [-0.3, -0.25) is 0 Å². The Hall–Kier alpha value is -0.309. The van der Waals surface area contributed by atoms with E-state index >= 15 is 0 Å². The number of hydrogen-bond donors (Lipinski definition) is 0. The summed E-state index contributed by atoms with van der Waals surface area (Å²) in [6.07, 6.45) is 11.7. The van der Waals surface area contributed by atoms with Crippen molar-refractivity contribution in [2.45, 2.75) is 77.8 Å². The molecule has 0 aliphatic rings. The minimum absolute atomic E-state index is 0.927. The molecule has 0 amide bonds. The first-order chi connectivity index (χ1) is 9.90. The molecule has 0 aromatic heterocycles. The van der Waals surface area contributed by atoms with Crippen molar-refractivity contribution in [2.75, 3.05) is 0 Å². The van der Waals surface area contributed by atoms with E-state index in [1.807, 2.05) is 0 Å². The Morgan fingerprint density at radius 3 is 1.05 bits per heavy atom. The van der Waals surface area contributed by atoms with Crippen LogP contribution >= 0.6 is 0 Å². The Morgan fingerprint density at radius 2 is 0.905 bits per heavy atom. The van der Waals surface area contributed by atoms with Gasteiger partial charge in [0, 0.05) is 0 Å². The molecule has 120 valence electrons. The van der Waals surface area contributed by atoms with Crippen molar-refractivity contribution in [3.63, 3.8) is 0 Å². The monoisotopic (exact) mass is 340 g/mol. The van der Waals surface area contributed by atoms with Gasteiger partial charge in [-0.25, -0.2) is 0 Å². The van der Waals surface area contributed by atoms with E-state index in [1.54, 1.807) is 0 Å². The molecule has 5 heteroatoms. The third-order valence-electron chi connectivity index (χ3n) is 4.65. The molecule has 0 aliphatic carbocycles. The molecular weight excluding hydrogens is 308 g/mol. The second kappa shape index (κ2) is 8.97. The van der Waals surface area contributed by atoms with Crippen LogP contribution in [-0.4, -0.2) is 25.2 Å². The highest BCUT2D eigenvalue weighted by atomic mass is 28.5. The molecule has 21 heavy (non-hydrogen) atoms. The zero-order chi connectivity index (χ0) is 16.6. The van der Waals surface area contributed by atoms with Crippen LogP contribution in [0.1, 0.15) is 41.5 Å². The molecule has 0 aliphatic heterocycles. The molecule has 0 aromatic rings. The summed E-state index contributed by atoms with van der Waals surface area (Å²) >= 11 is 0. The molecule has 0 fully saturated rings. The molecule has 2 nitrogen and oxygen atoms in total. The summed E-state index contributed by atoms with van der Waals surface area (Å²) in [7, 11) is -6.53. The molecule has 0 saturated heterocycles. The van der Waals surface area contributed by atoms with E-state index in [-0.39, 0.29) is 0 Å². The van der Waals surface area contributed by atoms with Crippen LogP contribution < -0.4 is 0 Å². The van der Waals surface area contributed by atoms with E-state index in [1.165, 1.54) is 0 Å². The van der Waals surface area contributed by atoms with Gasteiger partial charge in [0.2, 0.25) is 0 Å². The highest BCUT2D eigenvalue weighted by Gasteiger charge is 2.47. The average molecular weight is 341 g/mol. The molecule has 0 unspecified atom stereocenters. The molecule has 0 atom stereocenters. The van der Waals surface area contributed by atoms with Gasteiger partial charge < -0.3 is 8.23 Å². The largest absolute Gasteiger partial charge is 0.426 e. The van der Waals surface area contributed by atoms with Crippen LogP contribution in [0.2, 0.25) is 36.3 Å². The lowest BCUT2D eigenvalue weighted by atomic mass is 10.9. The number of terminal acetylenes is 2. The molecule has 0 spiro atoms. The van der Waals surface area contributed by atoms with Crippen LogP contribution in [-0.2, 0) is 8.23 Å². The lowest BCUT2D eigenvalue weighted by molar-refractivity contribution is 0.373. The molecule has 0 bridgehead atoms. The van der Waals surface area contributed by atoms with Crippen molar-refractivity contribution in [1.82, 2.24) is 0 Å². The summed E-state index contributed by atoms with van der Waals surface area (Å²) in [4.78, 5) is 0. The van der Waals surface area contributed by atoms with E-state index in [4.69, 9.17) is 21.1 Å². The predicted molar refractivity (Wildman–Crippen MR) is 100.0 cm³/mol. The van der Waals surface area contributed by atoms with E-state index in [0.717, 1.165) is 36.3 Å². The third-order valence-corrected chi connectivity index (χ3v) is 18.5. The molecule has 0 N–H and O–H groups in total. The smallest absolute Gasteiger partial charge is 0.318 e. The first kappa shape index (κ1) is 20.7. The van der Waals surface area contributed by atoms with Crippen LogP contribution in [0.4, 0.5) is 0 Å². The van der Waals surface area contributed by atoms with Gasteiger partial charge in [-0.05, 0) is 36.3 Å². The quantitative estimate of drug-likeness (QED) is 0.419. The normalized spacial score (nSPS) is 12.8. The summed E-state index contributed by atoms with van der Waals surface area (Å²) in [5.41, 5.74) is 6.03. The van der Waals surface area contributed by atoms with Crippen LogP contribution in [0.15, 0.2) is 0 Å². The summed E-state index contributed by atoms with van der Waals surface area (Å²) < 4.78 is 13.4. The summed E-state index contributed by atoms with van der Waals surface area (Å²) in [5, 5.41) is 0. The summed E-state index contributed by atoms with van der Waals surface area (Å²) in [6.45, 7) is 12.9. The van der Waals surface area contributed by atoms with Crippen molar-refractivity contribution in [3.05, 3.63) is 0 Å². The maximum Gasteiger partial charge on any atom is 0.318 e. The summed E-state index contributed by atoms with van der Waals surface area (Å²) in [6, 6.07) is 5.64. The van der Waals surface area contributed by atoms with Gasteiger partial charge in [-0.2, -0.15) is 0 Å². The van der Waals surface area contributed by atoms with Crippen LogP contribution in [0.25, 0.3) is 0 Å². The van der Waals surface area contributed by atoms with Crippen molar-refractivity contribution in [1.29, 1.82) is 0 Å². The zero-order valence-electron chi connectivity index (χ0n) is 14.7. The molecular formula is C16H32O2Si3. The summed E-state index contributed by atoms with van der Waals surface area (Å²) in [5.74, 6) is 0. The van der Waals surface area contributed by atoms with Crippen LogP contribution in [0, 0.1) is 23.9 Å². The minimum atomic E-state index is -2.30. The highest BCUT2D eigenvalue weighted by molar-refractivity contribution is 6.94. The fourth-order valence-electron chi connectivity index (χ4n) is 2.53. The molecule has 0 aromatic carbocycles. The molecule has 0 radical (unpaired) electrons.